The third-order valence-corrected chi connectivity index (χ3v) is 4.15. The van der Waals surface area contributed by atoms with E-state index in [-0.39, 0.29) is 5.97 Å². The number of rotatable bonds is 6. The van der Waals surface area contributed by atoms with Gasteiger partial charge in [0.25, 0.3) is 0 Å². The van der Waals surface area contributed by atoms with Crippen LogP contribution in [0.3, 0.4) is 0 Å². The van der Waals surface area contributed by atoms with Gasteiger partial charge < -0.3 is 4.74 Å². The van der Waals surface area contributed by atoms with Crippen molar-refractivity contribution in [3.8, 4) is 0 Å². The van der Waals surface area contributed by atoms with Crippen molar-refractivity contribution in [2.75, 3.05) is 13.2 Å². The zero-order valence-corrected chi connectivity index (χ0v) is 13.3. The van der Waals surface area contributed by atoms with Crippen molar-refractivity contribution < 1.29 is 9.53 Å². The average Bonchev–Trinajstić information content (AvgIpc) is 2.34. The minimum atomic E-state index is -0.479. The molecule has 0 aliphatic rings. The Bertz CT molecular complexity index is 435. The lowest BCUT2D eigenvalue weighted by Crippen LogP contribution is -2.30. The summed E-state index contributed by atoms with van der Waals surface area (Å²) in [4.78, 5) is 11.9. The van der Waals surface area contributed by atoms with Crippen LogP contribution in [0.5, 0.6) is 0 Å². The van der Waals surface area contributed by atoms with Gasteiger partial charge in [-0.15, -0.1) is 6.58 Å². The summed E-state index contributed by atoms with van der Waals surface area (Å²) in [6, 6.07) is 5.18. The summed E-state index contributed by atoms with van der Waals surface area (Å²) < 4.78 is 6.90. The van der Waals surface area contributed by atoms with Crippen LogP contribution in [-0.2, 0) is 9.53 Å². The molecule has 0 fully saturated rings. The number of hydrogen-bond donors (Lipinski definition) is 1. The Morgan fingerprint density at radius 3 is 2.78 bits per heavy atom. The fraction of sp³-hybridized carbons (Fsp3) is 0.308. The molecule has 0 saturated carbocycles. The molecule has 1 aromatic carbocycles. The number of halogens is 2. The predicted molar refractivity (Wildman–Crippen MR) is 79.4 cm³/mol. The van der Waals surface area contributed by atoms with Crippen molar-refractivity contribution in [1.29, 1.82) is 0 Å². The number of esters is 1. The number of benzene rings is 1. The van der Waals surface area contributed by atoms with Crippen LogP contribution < -0.4 is 5.32 Å². The maximum Gasteiger partial charge on any atom is 0.327 e. The normalized spacial score (nSPS) is 11.9. The fourth-order valence-electron chi connectivity index (χ4n) is 1.46. The molecule has 1 N–H and O–H groups in total. The highest BCUT2D eigenvalue weighted by molar-refractivity contribution is 9.13. The molecular formula is C13H15Br2NO2. The van der Waals surface area contributed by atoms with Gasteiger partial charge in [-0.2, -0.15) is 0 Å². The second-order valence-electron chi connectivity index (χ2n) is 3.56. The number of carbonyl (C=O) groups excluding carboxylic acids is 1. The van der Waals surface area contributed by atoms with Crippen molar-refractivity contribution in [1.82, 2.24) is 5.32 Å². The molecule has 5 heteroatoms. The second kappa shape index (κ2) is 7.71. The van der Waals surface area contributed by atoms with E-state index in [1.165, 1.54) is 0 Å². The summed E-state index contributed by atoms with van der Waals surface area (Å²) in [6.07, 6.45) is 1.71. The first-order chi connectivity index (χ1) is 8.60. The average molecular weight is 377 g/mol. The molecule has 0 amide bonds. The van der Waals surface area contributed by atoms with Crippen LogP contribution in [0.1, 0.15) is 18.5 Å². The molecule has 0 aromatic heterocycles. The first-order valence-corrected chi connectivity index (χ1v) is 7.14. The Morgan fingerprint density at radius 1 is 1.50 bits per heavy atom. The largest absolute Gasteiger partial charge is 0.465 e. The molecular weight excluding hydrogens is 362 g/mol. The maximum absolute atomic E-state index is 11.9. The second-order valence-corrected chi connectivity index (χ2v) is 5.26. The first-order valence-electron chi connectivity index (χ1n) is 5.56. The summed E-state index contributed by atoms with van der Waals surface area (Å²) in [7, 11) is 0. The Hall–Kier alpha value is -0.650. The monoisotopic (exact) mass is 375 g/mol. The zero-order chi connectivity index (χ0) is 13.5. The standard InChI is InChI=1S/C13H15Br2NO2/c1-3-7-16-12(13(17)18-4-2)9-5-6-10(14)11(15)8-9/h3,5-6,8,12,16H,1,4,7H2,2H3. The molecule has 0 aliphatic carbocycles. The molecule has 1 aromatic rings. The van der Waals surface area contributed by atoms with Gasteiger partial charge in [0.05, 0.1) is 6.61 Å². The van der Waals surface area contributed by atoms with E-state index in [0.29, 0.717) is 13.2 Å². The van der Waals surface area contributed by atoms with E-state index < -0.39 is 6.04 Å². The van der Waals surface area contributed by atoms with E-state index in [9.17, 15) is 4.79 Å². The molecule has 1 rings (SSSR count). The van der Waals surface area contributed by atoms with Crippen LogP contribution in [0.2, 0.25) is 0 Å². The summed E-state index contributed by atoms with van der Waals surface area (Å²) >= 11 is 6.82. The minimum absolute atomic E-state index is 0.284. The van der Waals surface area contributed by atoms with Gasteiger partial charge in [0.15, 0.2) is 0 Å². The Labute approximate surface area is 124 Å². The van der Waals surface area contributed by atoms with Gasteiger partial charge >= 0.3 is 5.97 Å². The minimum Gasteiger partial charge on any atom is -0.465 e. The molecule has 0 bridgehead atoms. The SMILES string of the molecule is C=CCNC(C(=O)OCC)c1ccc(Br)c(Br)c1. The smallest absolute Gasteiger partial charge is 0.327 e. The summed E-state index contributed by atoms with van der Waals surface area (Å²) in [5.41, 5.74) is 0.852. The van der Waals surface area contributed by atoms with Crippen LogP contribution in [0.15, 0.2) is 39.8 Å². The van der Waals surface area contributed by atoms with Crippen LogP contribution >= 0.6 is 31.9 Å². The summed E-state index contributed by atoms with van der Waals surface area (Å²) in [5.74, 6) is -0.284. The molecule has 1 unspecified atom stereocenters. The molecule has 0 radical (unpaired) electrons. The van der Waals surface area contributed by atoms with Crippen molar-refractivity contribution in [3.05, 3.63) is 45.4 Å². The van der Waals surface area contributed by atoms with Gasteiger partial charge in [0.1, 0.15) is 6.04 Å². The van der Waals surface area contributed by atoms with Crippen molar-refractivity contribution in [2.45, 2.75) is 13.0 Å². The molecule has 18 heavy (non-hydrogen) atoms. The van der Waals surface area contributed by atoms with E-state index >= 15 is 0 Å². The third-order valence-electron chi connectivity index (χ3n) is 2.27. The fourth-order valence-corrected chi connectivity index (χ4v) is 2.10. The molecule has 98 valence electrons. The van der Waals surface area contributed by atoms with Crippen molar-refractivity contribution in [3.63, 3.8) is 0 Å². The molecule has 0 heterocycles. The highest BCUT2D eigenvalue weighted by atomic mass is 79.9. The molecule has 1 atom stereocenters. The summed E-state index contributed by atoms with van der Waals surface area (Å²) in [5, 5.41) is 3.09. The number of hydrogen-bond acceptors (Lipinski definition) is 3. The number of carbonyl (C=O) groups is 1. The van der Waals surface area contributed by atoms with Gasteiger partial charge in [0, 0.05) is 15.5 Å². The quantitative estimate of drug-likeness (QED) is 0.609. The van der Waals surface area contributed by atoms with Gasteiger partial charge in [-0.25, -0.2) is 4.79 Å². The van der Waals surface area contributed by atoms with Crippen molar-refractivity contribution in [2.24, 2.45) is 0 Å². The highest BCUT2D eigenvalue weighted by Crippen LogP contribution is 2.27. The van der Waals surface area contributed by atoms with Gasteiger partial charge in [-0.3, -0.25) is 5.32 Å². The Kier molecular flexibility index (Phi) is 6.60. The van der Waals surface area contributed by atoms with Crippen LogP contribution in [0.25, 0.3) is 0 Å². The van der Waals surface area contributed by atoms with E-state index in [4.69, 9.17) is 4.74 Å². The lowest BCUT2D eigenvalue weighted by Gasteiger charge is -2.17. The van der Waals surface area contributed by atoms with Gasteiger partial charge in [-0.1, -0.05) is 12.1 Å². The molecule has 0 saturated heterocycles. The molecule has 0 spiro atoms. The lowest BCUT2D eigenvalue weighted by atomic mass is 10.1. The summed E-state index contributed by atoms with van der Waals surface area (Å²) in [6.45, 7) is 6.33. The maximum atomic E-state index is 11.9. The number of ether oxygens (including phenoxy) is 1. The van der Waals surface area contributed by atoms with E-state index in [1.54, 1.807) is 13.0 Å². The zero-order valence-electron chi connectivity index (χ0n) is 10.1. The highest BCUT2D eigenvalue weighted by Gasteiger charge is 2.21. The lowest BCUT2D eigenvalue weighted by molar-refractivity contribution is -0.145. The Balaban J connectivity index is 2.96. The molecule has 0 aliphatic heterocycles. The first kappa shape index (κ1) is 15.4. The topological polar surface area (TPSA) is 38.3 Å². The van der Waals surface area contributed by atoms with E-state index in [0.717, 1.165) is 14.5 Å². The predicted octanol–water partition coefficient (Wildman–Crippen LogP) is 3.59. The van der Waals surface area contributed by atoms with Crippen LogP contribution in [0.4, 0.5) is 0 Å². The van der Waals surface area contributed by atoms with Crippen molar-refractivity contribution >= 4 is 37.8 Å². The molecule has 3 nitrogen and oxygen atoms in total. The van der Waals surface area contributed by atoms with E-state index in [2.05, 4.69) is 43.8 Å². The van der Waals surface area contributed by atoms with Gasteiger partial charge in [-0.05, 0) is 56.5 Å². The number of nitrogens with one attached hydrogen (secondary N) is 1. The van der Waals surface area contributed by atoms with Gasteiger partial charge in [0.2, 0.25) is 0 Å². The van der Waals surface area contributed by atoms with Crippen LogP contribution in [-0.4, -0.2) is 19.1 Å². The third kappa shape index (κ3) is 4.23. The van der Waals surface area contributed by atoms with E-state index in [1.807, 2.05) is 18.2 Å². The van der Waals surface area contributed by atoms with Crippen LogP contribution in [0, 0.1) is 0 Å². The Morgan fingerprint density at radius 2 is 2.22 bits per heavy atom.